The molecule has 7 nitrogen and oxygen atoms in total. The van der Waals surface area contributed by atoms with Crippen LogP contribution in [0.5, 0.6) is 5.75 Å². The van der Waals surface area contributed by atoms with Gasteiger partial charge >= 0.3 is 0 Å². The first-order valence-electron chi connectivity index (χ1n) is 11.2. The Balaban J connectivity index is 1.40. The van der Waals surface area contributed by atoms with Crippen LogP contribution in [0.1, 0.15) is 30.3 Å². The zero-order valence-corrected chi connectivity index (χ0v) is 18.5. The lowest BCUT2D eigenvalue weighted by Crippen LogP contribution is -2.41. The molecule has 0 N–H and O–H groups in total. The summed E-state index contributed by atoms with van der Waals surface area (Å²) >= 11 is 0. The number of carbonyl (C=O) groups excluding carboxylic acids is 1. The van der Waals surface area contributed by atoms with Crippen molar-refractivity contribution in [2.45, 2.75) is 31.8 Å². The molecule has 1 fully saturated rings. The summed E-state index contributed by atoms with van der Waals surface area (Å²) < 4.78 is 23.4. The van der Waals surface area contributed by atoms with Crippen LogP contribution in [0.2, 0.25) is 0 Å². The fraction of sp³-hybridized carbons (Fsp3) is 0.320. The summed E-state index contributed by atoms with van der Waals surface area (Å²) in [6.45, 7) is 1.59. The van der Waals surface area contributed by atoms with Gasteiger partial charge in [0.05, 0.1) is 18.1 Å². The molecule has 0 aliphatic carbocycles. The van der Waals surface area contributed by atoms with E-state index >= 15 is 0 Å². The number of methoxy groups -OCH3 is 1. The Labute approximate surface area is 191 Å². The summed E-state index contributed by atoms with van der Waals surface area (Å²) in [5, 5.41) is 4.13. The third-order valence-corrected chi connectivity index (χ3v) is 6.30. The molecule has 3 heterocycles. The summed E-state index contributed by atoms with van der Waals surface area (Å²) in [6, 6.07) is 14.7. The first-order chi connectivity index (χ1) is 16.1. The minimum Gasteiger partial charge on any atom is -0.496 e. The number of carbonyl (C=O) groups is 1. The number of amides is 1. The van der Waals surface area contributed by atoms with Crippen LogP contribution in [0.3, 0.4) is 0 Å². The monoisotopic (exact) mass is 447 g/mol. The average molecular weight is 448 g/mol. The highest BCUT2D eigenvalue weighted by atomic mass is 19.1. The van der Waals surface area contributed by atoms with E-state index in [-0.39, 0.29) is 24.3 Å². The third kappa shape index (κ3) is 4.33. The van der Waals surface area contributed by atoms with Gasteiger partial charge in [0.1, 0.15) is 23.9 Å². The molecule has 0 saturated carbocycles. The van der Waals surface area contributed by atoms with Crippen molar-refractivity contribution in [1.82, 2.24) is 24.2 Å². The van der Waals surface area contributed by atoms with Gasteiger partial charge in [0.15, 0.2) is 0 Å². The van der Waals surface area contributed by atoms with Gasteiger partial charge in [-0.05, 0) is 37.1 Å². The van der Waals surface area contributed by atoms with Gasteiger partial charge in [0.25, 0.3) is 0 Å². The number of nitrogens with zero attached hydrogens (tertiary/aromatic N) is 5. The molecule has 1 aliphatic rings. The predicted octanol–water partition coefficient (Wildman–Crippen LogP) is 3.84. The number of piperidine rings is 1. The van der Waals surface area contributed by atoms with Gasteiger partial charge in [-0.15, -0.1) is 0 Å². The lowest BCUT2D eigenvalue weighted by molar-refractivity contribution is -0.133. The van der Waals surface area contributed by atoms with Crippen molar-refractivity contribution in [2.24, 2.45) is 0 Å². The number of hydrogen-bond donors (Lipinski definition) is 0. The molecule has 8 heteroatoms. The smallest absolute Gasteiger partial charge is 0.244 e. The summed E-state index contributed by atoms with van der Waals surface area (Å²) in [7, 11) is 1.66. The Hall–Kier alpha value is -3.68. The minimum atomic E-state index is -0.296. The van der Waals surface area contributed by atoms with Crippen LogP contribution in [-0.2, 0) is 17.8 Å². The molecule has 33 heavy (non-hydrogen) atoms. The molecule has 170 valence electrons. The summed E-state index contributed by atoms with van der Waals surface area (Å²) in [4.78, 5) is 19.4. The fourth-order valence-electron chi connectivity index (χ4n) is 4.68. The molecule has 1 saturated heterocycles. The number of benzene rings is 2. The van der Waals surface area contributed by atoms with Crippen molar-refractivity contribution < 1.29 is 13.9 Å². The molecule has 2 aromatic heterocycles. The molecule has 0 spiro atoms. The van der Waals surface area contributed by atoms with E-state index in [2.05, 4.69) is 9.67 Å². The number of hydrogen-bond acceptors (Lipinski definition) is 4. The Morgan fingerprint density at radius 3 is 2.73 bits per heavy atom. The highest BCUT2D eigenvalue weighted by Gasteiger charge is 2.27. The van der Waals surface area contributed by atoms with Crippen molar-refractivity contribution in [3.63, 3.8) is 0 Å². The van der Waals surface area contributed by atoms with Crippen LogP contribution in [-0.4, -0.2) is 50.3 Å². The van der Waals surface area contributed by atoms with Crippen LogP contribution in [0.15, 0.2) is 60.9 Å². The average Bonchev–Trinajstić information content (AvgIpc) is 3.46. The van der Waals surface area contributed by atoms with E-state index < -0.39 is 0 Å². The van der Waals surface area contributed by atoms with Crippen molar-refractivity contribution >= 4 is 16.9 Å². The maximum atomic E-state index is 13.9. The SMILES string of the molecule is COc1ccccc1Cc1nc2cc(F)ccc2n1C1CCN(C(=O)Cn2cccn2)CC1. The molecule has 1 amide bonds. The Bertz CT molecular complexity index is 1260. The highest BCUT2D eigenvalue weighted by molar-refractivity contribution is 5.77. The van der Waals surface area contributed by atoms with Gasteiger partial charge in [-0.1, -0.05) is 18.2 Å². The van der Waals surface area contributed by atoms with Gasteiger partial charge in [-0.25, -0.2) is 9.37 Å². The van der Waals surface area contributed by atoms with Crippen LogP contribution < -0.4 is 4.74 Å². The molecule has 4 aromatic rings. The number of ether oxygens (including phenoxy) is 1. The standard InChI is InChI=1S/C25H26FN5O2/c1-33-23-6-3-2-5-18(23)15-24-28-21-16-19(26)7-8-22(21)31(24)20-9-13-29(14-10-20)25(32)17-30-12-4-11-27-30/h2-8,11-12,16,20H,9-10,13-15,17H2,1H3. The number of aromatic nitrogens is 4. The second-order valence-electron chi connectivity index (χ2n) is 8.34. The lowest BCUT2D eigenvalue weighted by Gasteiger charge is -2.33. The quantitative estimate of drug-likeness (QED) is 0.451. The second kappa shape index (κ2) is 9.05. The summed E-state index contributed by atoms with van der Waals surface area (Å²) in [5.74, 6) is 1.46. The molecule has 2 aromatic carbocycles. The maximum Gasteiger partial charge on any atom is 0.244 e. The molecular formula is C25H26FN5O2. The Kier molecular flexibility index (Phi) is 5.81. The van der Waals surface area contributed by atoms with Gasteiger partial charge in [-0.2, -0.15) is 5.10 Å². The van der Waals surface area contributed by atoms with E-state index in [9.17, 15) is 9.18 Å². The number of likely N-dealkylation sites (tertiary alicyclic amines) is 1. The molecular weight excluding hydrogens is 421 g/mol. The molecule has 0 atom stereocenters. The number of halogens is 1. The number of imidazole rings is 1. The van der Waals surface area contributed by atoms with Crippen LogP contribution >= 0.6 is 0 Å². The Morgan fingerprint density at radius 2 is 1.97 bits per heavy atom. The maximum absolute atomic E-state index is 13.9. The lowest BCUT2D eigenvalue weighted by atomic mass is 10.0. The predicted molar refractivity (Wildman–Crippen MR) is 123 cm³/mol. The number of fused-ring (bicyclic) bond motifs is 1. The third-order valence-electron chi connectivity index (χ3n) is 6.30. The first kappa shape index (κ1) is 21.2. The molecule has 1 aliphatic heterocycles. The highest BCUT2D eigenvalue weighted by Crippen LogP contribution is 2.31. The second-order valence-corrected chi connectivity index (χ2v) is 8.34. The summed E-state index contributed by atoms with van der Waals surface area (Å²) in [6.07, 6.45) is 5.68. The molecule has 5 rings (SSSR count). The Morgan fingerprint density at radius 1 is 1.15 bits per heavy atom. The van der Waals surface area contributed by atoms with Gasteiger partial charge in [0, 0.05) is 49.6 Å². The van der Waals surface area contributed by atoms with E-state index in [1.807, 2.05) is 35.2 Å². The van der Waals surface area contributed by atoms with E-state index in [0.29, 0.717) is 25.0 Å². The summed E-state index contributed by atoms with van der Waals surface area (Å²) in [5.41, 5.74) is 2.60. The van der Waals surface area contributed by atoms with Gasteiger partial charge in [0.2, 0.25) is 5.91 Å². The van der Waals surface area contributed by atoms with Crippen LogP contribution in [0.25, 0.3) is 11.0 Å². The fourth-order valence-corrected chi connectivity index (χ4v) is 4.68. The van der Waals surface area contributed by atoms with Gasteiger partial charge < -0.3 is 14.2 Å². The van der Waals surface area contributed by atoms with Crippen molar-refractivity contribution in [3.8, 4) is 5.75 Å². The largest absolute Gasteiger partial charge is 0.496 e. The topological polar surface area (TPSA) is 65.2 Å². The molecule has 0 bridgehead atoms. The van der Waals surface area contributed by atoms with Crippen LogP contribution in [0.4, 0.5) is 4.39 Å². The zero-order chi connectivity index (χ0) is 22.8. The first-order valence-corrected chi connectivity index (χ1v) is 11.2. The van der Waals surface area contributed by atoms with E-state index in [1.165, 1.54) is 12.1 Å². The zero-order valence-electron chi connectivity index (χ0n) is 18.5. The normalized spacial score (nSPS) is 14.7. The number of para-hydroxylation sites is 1. The van der Waals surface area contributed by atoms with Gasteiger partial charge in [-0.3, -0.25) is 9.48 Å². The molecule has 0 radical (unpaired) electrons. The van der Waals surface area contributed by atoms with Crippen LogP contribution in [0, 0.1) is 5.82 Å². The minimum absolute atomic E-state index is 0.0731. The van der Waals surface area contributed by atoms with E-state index in [4.69, 9.17) is 9.72 Å². The van der Waals surface area contributed by atoms with Crippen molar-refractivity contribution in [2.75, 3.05) is 20.2 Å². The molecule has 0 unspecified atom stereocenters. The van der Waals surface area contributed by atoms with Crippen molar-refractivity contribution in [1.29, 1.82) is 0 Å². The van der Waals surface area contributed by atoms with E-state index in [1.54, 1.807) is 30.3 Å². The van der Waals surface area contributed by atoms with E-state index in [0.717, 1.165) is 35.5 Å². The number of rotatable bonds is 6. The van der Waals surface area contributed by atoms with Crippen molar-refractivity contribution in [3.05, 3.63) is 78.1 Å².